The van der Waals surface area contributed by atoms with Gasteiger partial charge in [0.2, 0.25) is 0 Å². The van der Waals surface area contributed by atoms with Crippen LogP contribution in [0.15, 0.2) is 53.1 Å². The second-order valence-corrected chi connectivity index (χ2v) is 14.9. The molecule has 1 aromatic rings. The summed E-state index contributed by atoms with van der Waals surface area (Å²) < 4.78 is 6.22. The number of esters is 1. The smallest absolute Gasteiger partial charge is 0.338 e. The van der Waals surface area contributed by atoms with E-state index in [0.29, 0.717) is 29.2 Å². The molecule has 1 fully saturated rings. The summed E-state index contributed by atoms with van der Waals surface area (Å²) in [5.41, 5.74) is 5.90. The lowest BCUT2D eigenvalue weighted by molar-refractivity contribution is -0.0994. The minimum Gasteiger partial charge on any atom is -0.458 e. The molecule has 1 saturated carbocycles. The van der Waals surface area contributed by atoms with Crippen LogP contribution in [0.1, 0.15) is 117 Å². The number of carbonyl (C=O) groups is 1. The Morgan fingerprint density at radius 2 is 1.69 bits per heavy atom. The fourth-order valence-corrected chi connectivity index (χ4v) is 9.52. The van der Waals surface area contributed by atoms with E-state index in [1.807, 2.05) is 30.3 Å². The molecule has 4 aliphatic rings. The zero-order chi connectivity index (χ0) is 28.2. The maximum atomic E-state index is 13.0. The summed E-state index contributed by atoms with van der Waals surface area (Å²) in [4.78, 5) is 13.0. The van der Waals surface area contributed by atoms with E-state index < -0.39 is 0 Å². The molecule has 0 spiro atoms. The maximum Gasteiger partial charge on any atom is 0.338 e. The van der Waals surface area contributed by atoms with E-state index in [1.165, 1.54) is 12.8 Å². The number of aliphatic hydroxyl groups excluding tert-OH is 1. The number of allylic oxidation sites excluding steroid dienone is 4. The minimum atomic E-state index is -0.208. The molecule has 0 saturated heterocycles. The molecular weight excluding hydrogens is 480 g/mol. The van der Waals surface area contributed by atoms with Gasteiger partial charge in [0, 0.05) is 5.41 Å². The van der Waals surface area contributed by atoms with Gasteiger partial charge in [0.25, 0.3) is 0 Å². The quantitative estimate of drug-likeness (QED) is 0.357. The molecule has 0 unspecified atom stereocenters. The molecule has 1 aromatic carbocycles. The van der Waals surface area contributed by atoms with Crippen molar-refractivity contribution in [2.24, 2.45) is 39.9 Å². The first-order chi connectivity index (χ1) is 18.4. The molecule has 3 heteroatoms. The second kappa shape index (κ2) is 10.5. The van der Waals surface area contributed by atoms with E-state index in [0.717, 1.165) is 44.9 Å². The molecular formula is C36H52O3. The highest BCUT2D eigenvalue weighted by Gasteiger charge is 2.58. The molecule has 0 heterocycles. The molecule has 1 N–H and O–H groups in total. The van der Waals surface area contributed by atoms with Gasteiger partial charge in [0.15, 0.2) is 0 Å². The van der Waals surface area contributed by atoms with Gasteiger partial charge in [-0.05, 0) is 116 Å². The third-order valence-electron chi connectivity index (χ3n) is 11.9. The third-order valence-corrected chi connectivity index (χ3v) is 11.9. The fourth-order valence-electron chi connectivity index (χ4n) is 9.52. The highest BCUT2D eigenvalue weighted by atomic mass is 16.5. The van der Waals surface area contributed by atoms with Crippen LogP contribution in [0.2, 0.25) is 0 Å². The molecule has 214 valence electrons. The molecule has 4 aliphatic carbocycles. The average Bonchev–Trinajstić information content (AvgIpc) is 3.26. The van der Waals surface area contributed by atoms with Crippen molar-refractivity contribution in [3.63, 3.8) is 0 Å². The van der Waals surface area contributed by atoms with E-state index in [-0.39, 0.29) is 34.4 Å². The van der Waals surface area contributed by atoms with Crippen molar-refractivity contribution >= 4 is 5.97 Å². The normalized spacial score (nSPS) is 35.0. The standard InChI is InChI=1S/C36H52O3/c1-23(2)13-17-30(37)24(3)27-15-16-28-26-14-18-31-34(4,5)32(39-33(38)25-11-9-8-10-12-25)20-22-36(31,7)29(26)19-21-35(27,28)6/h8-12,16,23-24,27,30-32,37H,13-15,17-22H2,1-7H3/t24-,27+,30-,31+,32-,35+,36+/m0/s1. The van der Waals surface area contributed by atoms with Gasteiger partial charge in [-0.1, -0.05) is 78.3 Å². The summed E-state index contributed by atoms with van der Waals surface area (Å²) in [5, 5.41) is 11.1. The number of ether oxygens (including phenoxy) is 1. The van der Waals surface area contributed by atoms with Crippen LogP contribution < -0.4 is 0 Å². The second-order valence-electron chi connectivity index (χ2n) is 14.9. The first-order valence-electron chi connectivity index (χ1n) is 15.8. The topological polar surface area (TPSA) is 46.5 Å². The van der Waals surface area contributed by atoms with E-state index in [4.69, 9.17) is 4.74 Å². The van der Waals surface area contributed by atoms with Crippen LogP contribution in [0.5, 0.6) is 0 Å². The zero-order valence-corrected chi connectivity index (χ0v) is 25.6. The molecule has 0 aromatic heterocycles. The third kappa shape index (κ3) is 4.85. The Labute approximate surface area is 237 Å². The van der Waals surface area contributed by atoms with Gasteiger partial charge in [-0.25, -0.2) is 4.79 Å². The molecule has 5 rings (SSSR count). The molecule has 0 amide bonds. The van der Waals surface area contributed by atoms with E-state index >= 15 is 0 Å². The van der Waals surface area contributed by atoms with Gasteiger partial charge in [-0.2, -0.15) is 0 Å². The summed E-state index contributed by atoms with van der Waals surface area (Å²) in [7, 11) is 0. The van der Waals surface area contributed by atoms with Crippen molar-refractivity contribution in [2.45, 2.75) is 118 Å². The van der Waals surface area contributed by atoms with Gasteiger partial charge < -0.3 is 9.84 Å². The zero-order valence-electron chi connectivity index (χ0n) is 25.6. The Balaban J connectivity index is 1.35. The number of hydrogen-bond donors (Lipinski definition) is 1. The Morgan fingerprint density at radius 3 is 2.38 bits per heavy atom. The van der Waals surface area contributed by atoms with E-state index in [2.05, 4.69) is 54.5 Å². The first kappa shape index (κ1) is 28.7. The summed E-state index contributed by atoms with van der Waals surface area (Å²) in [5.74, 6) is 1.81. The number of carbonyl (C=O) groups excluding carboxylic acids is 1. The van der Waals surface area contributed by atoms with Crippen molar-refractivity contribution in [2.75, 3.05) is 0 Å². The number of rotatable bonds is 7. The average molecular weight is 533 g/mol. The largest absolute Gasteiger partial charge is 0.458 e. The van der Waals surface area contributed by atoms with Gasteiger partial charge in [-0.3, -0.25) is 0 Å². The van der Waals surface area contributed by atoms with Crippen molar-refractivity contribution < 1.29 is 14.6 Å². The number of fused-ring (bicyclic) bond motifs is 4. The Kier molecular flexibility index (Phi) is 7.72. The van der Waals surface area contributed by atoms with Gasteiger partial charge in [0.05, 0.1) is 11.7 Å². The highest BCUT2D eigenvalue weighted by Crippen LogP contribution is 2.67. The molecule has 3 nitrogen and oxygen atoms in total. The molecule has 0 bridgehead atoms. The molecule has 7 atom stereocenters. The lowest BCUT2D eigenvalue weighted by Crippen LogP contribution is -2.54. The van der Waals surface area contributed by atoms with Gasteiger partial charge in [-0.15, -0.1) is 0 Å². The van der Waals surface area contributed by atoms with E-state index in [9.17, 15) is 9.90 Å². The molecule has 0 aliphatic heterocycles. The van der Waals surface area contributed by atoms with Crippen LogP contribution >= 0.6 is 0 Å². The predicted molar refractivity (Wildman–Crippen MR) is 159 cm³/mol. The lowest BCUT2D eigenvalue weighted by atomic mass is 9.46. The van der Waals surface area contributed by atoms with Crippen LogP contribution in [0.3, 0.4) is 0 Å². The van der Waals surface area contributed by atoms with Crippen molar-refractivity contribution in [1.82, 2.24) is 0 Å². The van der Waals surface area contributed by atoms with Gasteiger partial charge in [0.1, 0.15) is 6.10 Å². The summed E-state index contributed by atoms with van der Waals surface area (Å²) in [6.45, 7) is 16.5. The predicted octanol–water partition coefficient (Wildman–Crippen LogP) is 8.92. The van der Waals surface area contributed by atoms with Crippen LogP contribution in [-0.2, 0) is 4.74 Å². The van der Waals surface area contributed by atoms with Gasteiger partial charge >= 0.3 is 5.97 Å². The Morgan fingerprint density at radius 1 is 0.974 bits per heavy atom. The summed E-state index contributed by atoms with van der Waals surface area (Å²) in [6, 6.07) is 9.45. The van der Waals surface area contributed by atoms with Crippen LogP contribution in [0.4, 0.5) is 0 Å². The Hall–Kier alpha value is -1.87. The fraction of sp³-hybridized carbons (Fsp3) is 0.694. The SMILES string of the molecule is CC(C)CC[C@H](O)[C@@H](C)[C@H]1CC=C2C3=C(CC[C@@]21C)[C@@]1(C)CC[C@H](OC(=O)c2ccccc2)C(C)(C)[C@H]1CC3. The Bertz CT molecular complexity index is 1130. The van der Waals surface area contributed by atoms with Crippen LogP contribution in [-0.4, -0.2) is 23.3 Å². The monoisotopic (exact) mass is 532 g/mol. The number of benzene rings is 1. The summed E-state index contributed by atoms with van der Waals surface area (Å²) in [6.07, 6.45) is 12.1. The molecule has 39 heavy (non-hydrogen) atoms. The minimum absolute atomic E-state index is 0.0532. The number of hydrogen-bond acceptors (Lipinski definition) is 3. The van der Waals surface area contributed by atoms with Crippen molar-refractivity contribution in [3.8, 4) is 0 Å². The summed E-state index contributed by atoms with van der Waals surface area (Å²) >= 11 is 0. The molecule has 0 radical (unpaired) electrons. The highest BCUT2D eigenvalue weighted by molar-refractivity contribution is 5.89. The van der Waals surface area contributed by atoms with E-state index in [1.54, 1.807) is 16.7 Å². The van der Waals surface area contributed by atoms with Crippen molar-refractivity contribution in [3.05, 3.63) is 58.7 Å². The first-order valence-corrected chi connectivity index (χ1v) is 15.8. The van der Waals surface area contributed by atoms with Crippen LogP contribution in [0.25, 0.3) is 0 Å². The van der Waals surface area contributed by atoms with Crippen molar-refractivity contribution in [1.29, 1.82) is 0 Å². The number of aliphatic hydroxyl groups is 1. The maximum absolute atomic E-state index is 13.0. The lowest BCUT2D eigenvalue weighted by Gasteiger charge is -2.59. The van der Waals surface area contributed by atoms with Crippen LogP contribution in [0, 0.1) is 39.9 Å².